The molecule has 0 aliphatic heterocycles. The average Bonchev–Trinajstić information content (AvgIpc) is 2.78. The molecular formula is C14H19N3. The van der Waals surface area contributed by atoms with E-state index in [1.165, 1.54) is 17.1 Å². The van der Waals surface area contributed by atoms with E-state index in [0.717, 1.165) is 6.42 Å². The highest BCUT2D eigenvalue weighted by Gasteiger charge is 2.02. The molecule has 0 atom stereocenters. The van der Waals surface area contributed by atoms with E-state index in [1.54, 1.807) is 0 Å². The fourth-order valence-corrected chi connectivity index (χ4v) is 1.93. The minimum absolute atomic E-state index is 0.680. The summed E-state index contributed by atoms with van der Waals surface area (Å²) in [6, 6.07) is 12.7. The predicted octanol–water partition coefficient (Wildman–Crippen LogP) is 2.04. The monoisotopic (exact) mass is 229 g/mol. The van der Waals surface area contributed by atoms with E-state index in [2.05, 4.69) is 52.1 Å². The van der Waals surface area contributed by atoms with Crippen LogP contribution in [0.2, 0.25) is 0 Å². The molecule has 0 saturated heterocycles. The Bertz CT molecular complexity index is 468. The summed E-state index contributed by atoms with van der Waals surface area (Å²) in [6.07, 6.45) is 2.98. The zero-order valence-corrected chi connectivity index (χ0v) is 10.4. The van der Waals surface area contributed by atoms with Gasteiger partial charge in [0.2, 0.25) is 0 Å². The average molecular weight is 229 g/mol. The van der Waals surface area contributed by atoms with Gasteiger partial charge in [-0.25, -0.2) is 0 Å². The van der Waals surface area contributed by atoms with Crippen molar-refractivity contribution in [3.8, 4) is 5.69 Å². The fourth-order valence-electron chi connectivity index (χ4n) is 1.93. The van der Waals surface area contributed by atoms with Gasteiger partial charge in [0, 0.05) is 43.8 Å². The third kappa shape index (κ3) is 2.50. The number of hydrogen-bond donors (Lipinski definition) is 1. The highest BCUT2D eigenvalue weighted by atomic mass is 15.1. The van der Waals surface area contributed by atoms with Gasteiger partial charge in [0.25, 0.3) is 0 Å². The molecule has 0 fully saturated rings. The van der Waals surface area contributed by atoms with Crippen molar-refractivity contribution in [2.24, 2.45) is 5.73 Å². The maximum absolute atomic E-state index is 5.61. The highest BCUT2D eigenvalue weighted by molar-refractivity contribution is 5.50. The number of anilines is 1. The van der Waals surface area contributed by atoms with Crippen LogP contribution in [0.5, 0.6) is 0 Å². The van der Waals surface area contributed by atoms with Crippen molar-refractivity contribution in [2.45, 2.75) is 6.42 Å². The van der Waals surface area contributed by atoms with E-state index in [-0.39, 0.29) is 0 Å². The topological polar surface area (TPSA) is 34.2 Å². The Balaban J connectivity index is 2.30. The molecule has 3 heteroatoms. The van der Waals surface area contributed by atoms with Gasteiger partial charge in [-0.15, -0.1) is 0 Å². The van der Waals surface area contributed by atoms with Crippen molar-refractivity contribution < 1.29 is 0 Å². The van der Waals surface area contributed by atoms with Crippen molar-refractivity contribution in [1.29, 1.82) is 0 Å². The van der Waals surface area contributed by atoms with E-state index in [4.69, 9.17) is 5.73 Å². The Labute approximate surface area is 102 Å². The van der Waals surface area contributed by atoms with Crippen LogP contribution in [0.4, 0.5) is 5.69 Å². The second-order valence-corrected chi connectivity index (χ2v) is 4.32. The summed E-state index contributed by atoms with van der Waals surface area (Å²) in [5.74, 6) is 0. The summed E-state index contributed by atoms with van der Waals surface area (Å²) in [6.45, 7) is 0.680. The molecule has 0 spiro atoms. The molecule has 0 bridgehead atoms. The van der Waals surface area contributed by atoms with Gasteiger partial charge in [-0.3, -0.25) is 0 Å². The smallest absolute Gasteiger partial charge is 0.0453 e. The third-order valence-corrected chi connectivity index (χ3v) is 2.88. The Hall–Kier alpha value is -1.74. The summed E-state index contributed by atoms with van der Waals surface area (Å²) < 4.78 is 2.19. The molecule has 2 aromatic rings. The Kier molecular flexibility index (Phi) is 3.49. The lowest BCUT2D eigenvalue weighted by Gasteiger charge is -2.14. The Morgan fingerprint density at radius 3 is 2.41 bits per heavy atom. The molecule has 2 rings (SSSR count). The standard InChI is InChI=1S/C14H19N3/c1-16(2)12-5-7-14(8-6-12)17-11-3-4-13(17)9-10-15/h3-8,11H,9-10,15H2,1-2H3. The lowest BCUT2D eigenvalue weighted by atomic mass is 10.2. The van der Waals surface area contributed by atoms with E-state index in [1.807, 2.05) is 14.1 Å². The molecule has 1 aromatic carbocycles. The van der Waals surface area contributed by atoms with E-state index in [0.29, 0.717) is 6.54 Å². The largest absolute Gasteiger partial charge is 0.378 e. The molecule has 0 aliphatic rings. The maximum atomic E-state index is 5.61. The van der Waals surface area contributed by atoms with Gasteiger partial charge in [0.05, 0.1) is 0 Å². The molecule has 0 amide bonds. The third-order valence-electron chi connectivity index (χ3n) is 2.88. The molecule has 2 N–H and O–H groups in total. The molecule has 17 heavy (non-hydrogen) atoms. The highest BCUT2D eigenvalue weighted by Crippen LogP contribution is 2.17. The van der Waals surface area contributed by atoms with Crippen LogP contribution in [0, 0.1) is 0 Å². The van der Waals surface area contributed by atoms with Crippen LogP contribution >= 0.6 is 0 Å². The van der Waals surface area contributed by atoms with Crippen molar-refractivity contribution in [3.05, 3.63) is 48.3 Å². The maximum Gasteiger partial charge on any atom is 0.0453 e. The van der Waals surface area contributed by atoms with Crippen molar-refractivity contribution >= 4 is 5.69 Å². The van der Waals surface area contributed by atoms with Crippen molar-refractivity contribution in [3.63, 3.8) is 0 Å². The number of nitrogens with zero attached hydrogens (tertiary/aromatic N) is 2. The Morgan fingerprint density at radius 1 is 1.12 bits per heavy atom. The lowest BCUT2D eigenvalue weighted by Crippen LogP contribution is -2.09. The van der Waals surface area contributed by atoms with E-state index < -0.39 is 0 Å². The minimum atomic E-state index is 0.680. The van der Waals surface area contributed by atoms with Crippen LogP contribution in [0.25, 0.3) is 5.69 Å². The SMILES string of the molecule is CN(C)c1ccc(-n2cccc2CCN)cc1. The summed E-state index contributed by atoms with van der Waals surface area (Å²) >= 11 is 0. The van der Waals surface area contributed by atoms with Gasteiger partial charge >= 0.3 is 0 Å². The number of hydrogen-bond acceptors (Lipinski definition) is 2. The van der Waals surface area contributed by atoms with Crippen LogP contribution in [0.3, 0.4) is 0 Å². The number of nitrogens with two attached hydrogens (primary N) is 1. The molecular weight excluding hydrogens is 210 g/mol. The summed E-state index contributed by atoms with van der Waals surface area (Å²) in [5, 5.41) is 0. The van der Waals surface area contributed by atoms with Crippen molar-refractivity contribution in [1.82, 2.24) is 4.57 Å². The first-order chi connectivity index (χ1) is 8.22. The second-order valence-electron chi connectivity index (χ2n) is 4.32. The first-order valence-corrected chi connectivity index (χ1v) is 5.86. The van der Waals surface area contributed by atoms with Crippen LogP contribution in [0.1, 0.15) is 5.69 Å². The molecule has 0 unspecified atom stereocenters. The van der Waals surface area contributed by atoms with Crippen LogP contribution < -0.4 is 10.6 Å². The Morgan fingerprint density at radius 2 is 1.82 bits per heavy atom. The van der Waals surface area contributed by atoms with Gasteiger partial charge in [0.1, 0.15) is 0 Å². The normalized spacial score (nSPS) is 10.5. The van der Waals surface area contributed by atoms with Crippen LogP contribution in [-0.2, 0) is 6.42 Å². The van der Waals surface area contributed by atoms with Crippen LogP contribution in [-0.4, -0.2) is 25.2 Å². The second kappa shape index (κ2) is 5.06. The molecule has 1 heterocycles. The molecule has 3 nitrogen and oxygen atoms in total. The lowest BCUT2D eigenvalue weighted by molar-refractivity contribution is 0.874. The van der Waals surface area contributed by atoms with Gasteiger partial charge in [-0.1, -0.05) is 0 Å². The van der Waals surface area contributed by atoms with E-state index in [9.17, 15) is 0 Å². The molecule has 1 aromatic heterocycles. The van der Waals surface area contributed by atoms with Gasteiger partial charge in [0.15, 0.2) is 0 Å². The predicted molar refractivity (Wildman–Crippen MR) is 72.9 cm³/mol. The molecule has 0 saturated carbocycles. The first-order valence-electron chi connectivity index (χ1n) is 5.86. The molecule has 90 valence electrons. The summed E-state index contributed by atoms with van der Waals surface area (Å²) in [7, 11) is 4.09. The summed E-state index contributed by atoms with van der Waals surface area (Å²) in [4.78, 5) is 2.10. The number of benzene rings is 1. The van der Waals surface area contributed by atoms with Gasteiger partial charge in [-0.2, -0.15) is 0 Å². The fraction of sp³-hybridized carbons (Fsp3) is 0.286. The zero-order valence-electron chi connectivity index (χ0n) is 10.4. The molecule has 0 aliphatic carbocycles. The van der Waals surface area contributed by atoms with Gasteiger partial charge in [-0.05, 0) is 42.9 Å². The van der Waals surface area contributed by atoms with E-state index >= 15 is 0 Å². The van der Waals surface area contributed by atoms with Gasteiger partial charge < -0.3 is 15.2 Å². The number of aromatic nitrogens is 1. The van der Waals surface area contributed by atoms with Crippen molar-refractivity contribution in [2.75, 3.05) is 25.5 Å². The molecule has 0 radical (unpaired) electrons. The minimum Gasteiger partial charge on any atom is -0.378 e. The quantitative estimate of drug-likeness (QED) is 0.870. The number of rotatable bonds is 4. The summed E-state index contributed by atoms with van der Waals surface area (Å²) in [5.41, 5.74) is 9.26. The van der Waals surface area contributed by atoms with Crippen LogP contribution in [0.15, 0.2) is 42.6 Å². The zero-order chi connectivity index (χ0) is 12.3. The first kappa shape index (κ1) is 11.7.